The molecule has 2 N–H and O–H groups in total. The van der Waals surface area contributed by atoms with Gasteiger partial charge in [-0.15, -0.1) is 0 Å². The van der Waals surface area contributed by atoms with Gasteiger partial charge in [0.2, 0.25) is 0 Å². The molecule has 0 bridgehead atoms. The summed E-state index contributed by atoms with van der Waals surface area (Å²) in [4.78, 5) is 9.88. The van der Waals surface area contributed by atoms with Gasteiger partial charge in [0, 0.05) is 13.2 Å². The number of hydrogen-bond donors (Lipinski definition) is 2. The van der Waals surface area contributed by atoms with Crippen LogP contribution in [-0.2, 0) is 0 Å². The van der Waals surface area contributed by atoms with E-state index in [0.29, 0.717) is 6.54 Å². The van der Waals surface area contributed by atoms with Crippen molar-refractivity contribution in [3.05, 3.63) is 41.5 Å². The minimum Gasteiger partial charge on any atom is -0.393 e. The quantitative estimate of drug-likeness (QED) is 0.315. The summed E-state index contributed by atoms with van der Waals surface area (Å²) in [6, 6.07) is 6.10. The number of allylic oxidation sites excluding steroid dienone is 1. The van der Waals surface area contributed by atoms with Crippen LogP contribution in [0, 0.1) is 17.1 Å². The van der Waals surface area contributed by atoms with E-state index >= 15 is 0 Å². The number of rotatable bonds is 9. The van der Waals surface area contributed by atoms with Crippen LogP contribution in [-0.4, -0.2) is 38.6 Å². The largest absolute Gasteiger partial charge is 0.393 e. The Morgan fingerprint density at radius 1 is 1.48 bits per heavy atom. The minimum absolute atomic E-state index is 0.123. The number of halogens is 1. The van der Waals surface area contributed by atoms with Crippen molar-refractivity contribution >= 4 is 6.34 Å². The van der Waals surface area contributed by atoms with E-state index in [1.54, 1.807) is 19.3 Å². The predicted octanol–water partition coefficient (Wildman–Crippen LogP) is 2.01. The Morgan fingerprint density at radius 2 is 2.26 bits per heavy atom. The number of hydrogen-bond acceptors (Lipinski definition) is 5. The molecule has 23 heavy (non-hydrogen) atoms. The lowest BCUT2D eigenvalue weighted by molar-refractivity contribution is 0.0236. The number of nitrogens with zero attached hydrogens (tertiary/aromatic N) is 3. The topological polar surface area (TPSA) is 72.7 Å². The van der Waals surface area contributed by atoms with Crippen LogP contribution in [0.3, 0.4) is 0 Å². The highest BCUT2D eigenvalue weighted by Crippen LogP contribution is 2.21. The van der Waals surface area contributed by atoms with Gasteiger partial charge in [-0.05, 0) is 39.1 Å². The molecule has 0 saturated carbocycles. The van der Waals surface area contributed by atoms with Crippen molar-refractivity contribution in [3.8, 4) is 11.8 Å². The first-order valence-corrected chi connectivity index (χ1v) is 7.28. The lowest BCUT2D eigenvalue weighted by Crippen LogP contribution is -2.29. The smallest absolute Gasteiger partial charge is 0.176 e. The monoisotopic (exact) mass is 319 g/mol. The summed E-state index contributed by atoms with van der Waals surface area (Å²) >= 11 is 0. The molecule has 0 unspecified atom stereocenters. The molecule has 0 radical (unpaired) electrons. The second-order valence-electron chi connectivity index (χ2n) is 4.73. The standard InChI is InChI=1S/C16H22FN5O/c1-13(11-20-3)21-12-22(9-5-8-19-2)23-16-7-4-6-15(17)14(16)10-18/h4,6-7,11-12,19-20H,5,8-9H2,1-3H3/b13-11+,21-12?. The van der Waals surface area contributed by atoms with Gasteiger partial charge >= 0.3 is 0 Å². The molecule has 0 aliphatic heterocycles. The third-order valence-electron chi connectivity index (χ3n) is 2.85. The Balaban J connectivity index is 2.90. The Kier molecular flexibility index (Phi) is 8.18. The molecule has 0 spiro atoms. The van der Waals surface area contributed by atoms with Gasteiger partial charge in [0.1, 0.15) is 23.8 Å². The zero-order chi connectivity index (χ0) is 17.1. The average Bonchev–Trinajstić information content (AvgIpc) is 2.53. The lowest BCUT2D eigenvalue weighted by Gasteiger charge is -2.20. The van der Waals surface area contributed by atoms with Crippen LogP contribution >= 0.6 is 0 Å². The SMILES string of the molecule is CN/C=C(\C)N=CN(CCCNC)Oc1cccc(F)c1C#N. The summed E-state index contributed by atoms with van der Waals surface area (Å²) < 4.78 is 13.6. The van der Waals surface area contributed by atoms with E-state index in [9.17, 15) is 4.39 Å². The summed E-state index contributed by atoms with van der Waals surface area (Å²) in [6.07, 6.45) is 4.06. The molecule has 0 heterocycles. The predicted molar refractivity (Wildman–Crippen MR) is 88.3 cm³/mol. The highest BCUT2D eigenvalue weighted by molar-refractivity contribution is 5.56. The molecule has 7 heteroatoms. The Labute approximate surface area is 136 Å². The van der Waals surface area contributed by atoms with E-state index in [1.807, 2.05) is 20.0 Å². The number of benzene rings is 1. The second kappa shape index (κ2) is 10.2. The maximum absolute atomic E-state index is 13.6. The summed E-state index contributed by atoms with van der Waals surface area (Å²) in [5.41, 5.74) is 0.636. The minimum atomic E-state index is -0.608. The first-order chi connectivity index (χ1) is 11.1. The van der Waals surface area contributed by atoms with Crippen LogP contribution in [0.5, 0.6) is 5.75 Å². The molecule has 1 rings (SSSR count). The molecule has 0 saturated heterocycles. The second-order valence-corrected chi connectivity index (χ2v) is 4.73. The van der Waals surface area contributed by atoms with Crippen LogP contribution in [0.15, 0.2) is 35.1 Å². The van der Waals surface area contributed by atoms with Gasteiger partial charge in [0.05, 0.1) is 12.2 Å². The highest BCUT2D eigenvalue weighted by Gasteiger charge is 2.12. The number of nitrogens with one attached hydrogen (secondary N) is 2. The molecule has 0 amide bonds. The molecule has 1 aromatic rings. The summed E-state index contributed by atoms with van der Waals surface area (Å²) in [5.74, 6) is -0.443. The van der Waals surface area contributed by atoms with Gasteiger partial charge in [-0.2, -0.15) is 10.3 Å². The highest BCUT2D eigenvalue weighted by atomic mass is 19.1. The Hall–Kier alpha value is -2.59. The maximum Gasteiger partial charge on any atom is 0.176 e. The maximum atomic E-state index is 13.6. The van der Waals surface area contributed by atoms with Crippen molar-refractivity contribution in [2.75, 3.05) is 27.2 Å². The van der Waals surface area contributed by atoms with Crippen molar-refractivity contribution in [3.63, 3.8) is 0 Å². The fourth-order valence-electron chi connectivity index (χ4n) is 1.76. The molecule has 0 aromatic heterocycles. The van der Waals surface area contributed by atoms with Crippen LogP contribution in [0.2, 0.25) is 0 Å². The van der Waals surface area contributed by atoms with Crippen LogP contribution in [0.25, 0.3) is 0 Å². The zero-order valence-electron chi connectivity index (χ0n) is 13.6. The Bertz CT molecular complexity index is 595. The van der Waals surface area contributed by atoms with Crippen LogP contribution < -0.4 is 15.5 Å². The van der Waals surface area contributed by atoms with Gasteiger partial charge in [-0.25, -0.2) is 9.38 Å². The summed E-state index contributed by atoms with van der Waals surface area (Å²) in [7, 11) is 3.64. The van der Waals surface area contributed by atoms with E-state index in [0.717, 1.165) is 18.7 Å². The molecule has 0 aliphatic rings. The lowest BCUT2D eigenvalue weighted by atomic mass is 10.2. The van der Waals surface area contributed by atoms with Gasteiger partial charge in [0.15, 0.2) is 5.75 Å². The van der Waals surface area contributed by atoms with Gasteiger partial charge in [-0.1, -0.05) is 6.07 Å². The fourth-order valence-corrected chi connectivity index (χ4v) is 1.76. The van der Waals surface area contributed by atoms with Gasteiger partial charge in [0.25, 0.3) is 0 Å². The average molecular weight is 319 g/mol. The normalized spacial score (nSPS) is 11.3. The third-order valence-corrected chi connectivity index (χ3v) is 2.85. The van der Waals surface area contributed by atoms with E-state index in [1.165, 1.54) is 23.5 Å². The fraction of sp³-hybridized carbons (Fsp3) is 0.375. The third kappa shape index (κ3) is 6.36. The summed E-state index contributed by atoms with van der Waals surface area (Å²) in [6.45, 7) is 3.17. The van der Waals surface area contributed by atoms with Gasteiger partial charge < -0.3 is 15.5 Å². The molecule has 1 aromatic carbocycles. The molecule has 0 aliphatic carbocycles. The van der Waals surface area contributed by atoms with E-state index in [2.05, 4.69) is 15.6 Å². The molecule has 0 fully saturated rings. The number of hydroxylamine groups is 2. The van der Waals surface area contributed by atoms with Crippen LogP contribution in [0.4, 0.5) is 4.39 Å². The number of nitriles is 1. The van der Waals surface area contributed by atoms with E-state index < -0.39 is 5.82 Å². The van der Waals surface area contributed by atoms with Crippen molar-refractivity contribution < 1.29 is 9.23 Å². The van der Waals surface area contributed by atoms with Crippen molar-refractivity contribution in [1.82, 2.24) is 15.7 Å². The first-order valence-electron chi connectivity index (χ1n) is 7.28. The number of aliphatic imine (C=N–C) groups is 1. The molecular formula is C16H22FN5O. The van der Waals surface area contributed by atoms with Crippen molar-refractivity contribution in [2.45, 2.75) is 13.3 Å². The zero-order valence-corrected chi connectivity index (χ0v) is 13.6. The Morgan fingerprint density at radius 3 is 2.91 bits per heavy atom. The molecular weight excluding hydrogens is 297 g/mol. The molecule has 124 valence electrons. The van der Waals surface area contributed by atoms with Crippen molar-refractivity contribution in [1.29, 1.82) is 5.26 Å². The molecule has 0 atom stereocenters. The summed E-state index contributed by atoms with van der Waals surface area (Å²) in [5, 5.41) is 16.5. The van der Waals surface area contributed by atoms with E-state index in [-0.39, 0.29) is 11.3 Å². The van der Waals surface area contributed by atoms with Gasteiger partial charge in [-0.3, -0.25) is 0 Å². The van der Waals surface area contributed by atoms with Crippen molar-refractivity contribution in [2.24, 2.45) is 4.99 Å². The first kappa shape index (κ1) is 18.5. The molecule has 6 nitrogen and oxygen atoms in total. The van der Waals surface area contributed by atoms with Crippen LogP contribution in [0.1, 0.15) is 18.9 Å². The van der Waals surface area contributed by atoms with E-state index in [4.69, 9.17) is 10.1 Å².